The second-order valence-corrected chi connectivity index (χ2v) is 4.98. The van der Waals surface area contributed by atoms with Gasteiger partial charge in [0.2, 0.25) is 0 Å². The molecule has 0 fully saturated rings. The van der Waals surface area contributed by atoms with Crippen molar-refractivity contribution in [3.63, 3.8) is 0 Å². The Morgan fingerprint density at radius 2 is 2.20 bits per heavy atom. The van der Waals surface area contributed by atoms with Gasteiger partial charge in [0.15, 0.2) is 0 Å². The molecule has 0 unspecified atom stereocenters. The molecule has 0 aliphatic rings. The van der Waals surface area contributed by atoms with Crippen molar-refractivity contribution in [1.82, 2.24) is 9.97 Å². The van der Waals surface area contributed by atoms with Crippen LogP contribution >= 0.6 is 15.9 Å². The molecule has 1 amide bonds. The summed E-state index contributed by atoms with van der Waals surface area (Å²) in [4.78, 5) is 20.8. The highest BCUT2D eigenvalue weighted by Crippen LogP contribution is 2.20. The van der Waals surface area contributed by atoms with E-state index in [-0.39, 0.29) is 5.91 Å². The summed E-state index contributed by atoms with van der Waals surface area (Å²) in [5.74, 6) is 0.964. The second-order valence-electron chi connectivity index (χ2n) is 4.12. The van der Waals surface area contributed by atoms with Crippen LogP contribution in [0.2, 0.25) is 0 Å². The zero-order valence-electron chi connectivity index (χ0n) is 11.3. The number of rotatable bonds is 4. The summed E-state index contributed by atoms with van der Waals surface area (Å²) >= 11 is 3.35. The fourth-order valence-electron chi connectivity index (χ4n) is 1.69. The largest absolute Gasteiger partial charge is 0.373 e. The van der Waals surface area contributed by atoms with Gasteiger partial charge in [-0.15, -0.1) is 0 Å². The molecular formula is C14H15BrN4O. The summed E-state index contributed by atoms with van der Waals surface area (Å²) in [6.45, 7) is 2.00. The van der Waals surface area contributed by atoms with E-state index in [9.17, 15) is 4.79 Å². The highest BCUT2D eigenvalue weighted by atomic mass is 79.9. The van der Waals surface area contributed by atoms with Gasteiger partial charge in [-0.25, -0.2) is 9.97 Å². The zero-order chi connectivity index (χ0) is 14.5. The Hall–Kier alpha value is -1.95. The number of amides is 1. The van der Waals surface area contributed by atoms with Crippen LogP contribution in [0.1, 0.15) is 23.0 Å². The number of hydrogen-bond acceptors (Lipinski definition) is 4. The Labute approximate surface area is 126 Å². The van der Waals surface area contributed by atoms with Gasteiger partial charge in [0, 0.05) is 24.5 Å². The van der Waals surface area contributed by atoms with Crippen molar-refractivity contribution >= 4 is 33.5 Å². The molecule has 2 rings (SSSR count). The summed E-state index contributed by atoms with van der Waals surface area (Å²) < 4.78 is 0.743. The fourth-order valence-corrected chi connectivity index (χ4v) is 2.04. The van der Waals surface area contributed by atoms with Gasteiger partial charge < -0.3 is 10.6 Å². The van der Waals surface area contributed by atoms with Crippen LogP contribution in [0.4, 0.5) is 11.6 Å². The van der Waals surface area contributed by atoms with Crippen LogP contribution in [-0.4, -0.2) is 22.9 Å². The Morgan fingerprint density at radius 1 is 1.40 bits per heavy atom. The number of hydrogen-bond donors (Lipinski definition) is 2. The van der Waals surface area contributed by atoms with E-state index < -0.39 is 0 Å². The summed E-state index contributed by atoms with van der Waals surface area (Å²) in [5.41, 5.74) is 1.42. The van der Waals surface area contributed by atoms with Crippen LogP contribution in [0, 0.1) is 0 Å². The fraction of sp³-hybridized carbons (Fsp3) is 0.214. The maximum Gasteiger partial charge on any atom is 0.257 e. The third kappa shape index (κ3) is 3.33. The lowest BCUT2D eigenvalue weighted by Crippen LogP contribution is -2.14. The first-order valence-corrected chi connectivity index (χ1v) is 7.04. The molecule has 0 aromatic carbocycles. The zero-order valence-corrected chi connectivity index (χ0v) is 12.9. The van der Waals surface area contributed by atoms with Gasteiger partial charge in [0.1, 0.15) is 11.6 Å². The SMILES string of the molecule is CCc1cc(C(=O)Nc2ncccc2Br)cc(NC)n1. The molecule has 0 bridgehead atoms. The molecule has 0 radical (unpaired) electrons. The number of anilines is 2. The molecule has 0 spiro atoms. The minimum atomic E-state index is -0.210. The standard InChI is InChI=1S/C14H15BrN4O/c1-3-10-7-9(8-12(16-2)18-10)14(20)19-13-11(15)5-4-6-17-13/h4-8H,3H2,1-2H3,(H,16,18)(H,17,19,20). The van der Waals surface area contributed by atoms with E-state index in [0.29, 0.717) is 17.2 Å². The molecule has 0 aliphatic carbocycles. The van der Waals surface area contributed by atoms with Crippen molar-refractivity contribution in [3.8, 4) is 0 Å². The molecule has 20 heavy (non-hydrogen) atoms. The molecule has 0 saturated carbocycles. The minimum Gasteiger partial charge on any atom is -0.373 e. The maximum absolute atomic E-state index is 12.3. The topological polar surface area (TPSA) is 66.9 Å². The van der Waals surface area contributed by atoms with Gasteiger partial charge in [0.25, 0.3) is 5.91 Å². The predicted molar refractivity (Wildman–Crippen MR) is 83.1 cm³/mol. The quantitative estimate of drug-likeness (QED) is 0.901. The minimum absolute atomic E-state index is 0.210. The summed E-state index contributed by atoms with van der Waals surface area (Å²) in [7, 11) is 1.78. The number of carbonyl (C=O) groups excluding carboxylic acids is 1. The van der Waals surface area contributed by atoms with Gasteiger partial charge in [-0.3, -0.25) is 4.79 Å². The van der Waals surface area contributed by atoms with Gasteiger partial charge in [0.05, 0.1) is 4.47 Å². The highest BCUT2D eigenvalue weighted by Gasteiger charge is 2.11. The Morgan fingerprint density at radius 3 is 2.85 bits per heavy atom. The summed E-state index contributed by atoms with van der Waals surface area (Å²) in [5, 5.41) is 5.73. The van der Waals surface area contributed by atoms with Gasteiger partial charge in [-0.1, -0.05) is 6.92 Å². The normalized spacial score (nSPS) is 10.2. The molecule has 104 valence electrons. The first-order valence-electron chi connectivity index (χ1n) is 6.24. The lowest BCUT2D eigenvalue weighted by molar-refractivity contribution is 0.102. The van der Waals surface area contributed by atoms with Crippen LogP contribution in [0.3, 0.4) is 0 Å². The number of aryl methyl sites for hydroxylation is 1. The monoisotopic (exact) mass is 334 g/mol. The van der Waals surface area contributed by atoms with Crippen molar-refractivity contribution < 1.29 is 4.79 Å². The molecule has 2 aromatic heterocycles. The van der Waals surface area contributed by atoms with Gasteiger partial charge >= 0.3 is 0 Å². The summed E-state index contributed by atoms with van der Waals surface area (Å²) in [6, 6.07) is 7.12. The third-order valence-corrected chi connectivity index (χ3v) is 3.39. The van der Waals surface area contributed by atoms with Crippen molar-refractivity contribution in [2.24, 2.45) is 0 Å². The number of halogens is 1. The van der Waals surface area contributed by atoms with Gasteiger partial charge in [-0.2, -0.15) is 0 Å². The van der Waals surface area contributed by atoms with Crippen LogP contribution in [0.25, 0.3) is 0 Å². The molecular weight excluding hydrogens is 320 g/mol. The van der Waals surface area contributed by atoms with Gasteiger partial charge in [-0.05, 0) is 46.6 Å². The summed E-state index contributed by atoms with van der Waals surface area (Å²) in [6.07, 6.45) is 2.40. The number of pyridine rings is 2. The van der Waals surface area contributed by atoms with E-state index in [0.717, 1.165) is 16.6 Å². The van der Waals surface area contributed by atoms with Crippen LogP contribution in [0.5, 0.6) is 0 Å². The lowest BCUT2D eigenvalue weighted by atomic mass is 10.2. The van der Waals surface area contributed by atoms with E-state index in [1.807, 2.05) is 13.0 Å². The number of aromatic nitrogens is 2. The Kier molecular flexibility index (Phi) is 4.68. The third-order valence-electron chi connectivity index (χ3n) is 2.75. The molecule has 2 N–H and O–H groups in total. The first-order chi connectivity index (χ1) is 9.63. The average Bonchev–Trinajstić information content (AvgIpc) is 2.48. The van der Waals surface area contributed by atoms with E-state index in [1.54, 1.807) is 31.4 Å². The van der Waals surface area contributed by atoms with E-state index in [2.05, 4.69) is 36.5 Å². The lowest BCUT2D eigenvalue weighted by Gasteiger charge is -2.09. The molecule has 0 aliphatic heterocycles. The van der Waals surface area contributed by atoms with Crippen LogP contribution < -0.4 is 10.6 Å². The smallest absolute Gasteiger partial charge is 0.257 e. The molecule has 2 heterocycles. The second kappa shape index (κ2) is 6.47. The Balaban J connectivity index is 2.27. The van der Waals surface area contributed by atoms with E-state index in [4.69, 9.17) is 0 Å². The van der Waals surface area contributed by atoms with Crippen LogP contribution in [0.15, 0.2) is 34.9 Å². The molecule has 5 nitrogen and oxygen atoms in total. The molecule has 0 saturated heterocycles. The average molecular weight is 335 g/mol. The number of nitrogens with zero attached hydrogens (tertiary/aromatic N) is 2. The molecule has 0 atom stereocenters. The number of nitrogens with one attached hydrogen (secondary N) is 2. The molecule has 6 heteroatoms. The first kappa shape index (κ1) is 14.5. The van der Waals surface area contributed by atoms with Crippen molar-refractivity contribution in [1.29, 1.82) is 0 Å². The van der Waals surface area contributed by atoms with E-state index >= 15 is 0 Å². The predicted octanol–water partition coefficient (Wildman–Crippen LogP) is 3.10. The van der Waals surface area contributed by atoms with E-state index in [1.165, 1.54) is 0 Å². The van der Waals surface area contributed by atoms with Crippen LogP contribution in [-0.2, 0) is 6.42 Å². The molecule has 2 aromatic rings. The van der Waals surface area contributed by atoms with Crippen molar-refractivity contribution in [2.75, 3.05) is 17.7 Å². The van der Waals surface area contributed by atoms with Crippen molar-refractivity contribution in [3.05, 3.63) is 46.2 Å². The maximum atomic E-state index is 12.3. The van der Waals surface area contributed by atoms with Crippen molar-refractivity contribution in [2.45, 2.75) is 13.3 Å². The highest BCUT2D eigenvalue weighted by molar-refractivity contribution is 9.10. The Bertz CT molecular complexity index is 608. The number of carbonyl (C=O) groups is 1.